The van der Waals surface area contributed by atoms with E-state index in [-0.39, 0.29) is 5.95 Å². The van der Waals surface area contributed by atoms with Crippen molar-refractivity contribution in [1.29, 1.82) is 0 Å². The van der Waals surface area contributed by atoms with E-state index in [9.17, 15) is 0 Å². The second-order valence-corrected chi connectivity index (χ2v) is 2.60. The molecule has 6 nitrogen and oxygen atoms in total. The SMILES string of the molecule is COc1cc(-n2cnc(N)n2)ccn1. The summed E-state index contributed by atoms with van der Waals surface area (Å²) in [6, 6.07) is 3.53. The second kappa shape index (κ2) is 3.33. The highest BCUT2D eigenvalue weighted by atomic mass is 16.5. The van der Waals surface area contributed by atoms with Crippen molar-refractivity contribution in [3.8, 4) is 11.6 Å². The summed E-state index contributed by atoms with van der Waals surface area (Å²) in [7, 11) is 1.56. The Hall–Kier alpha value is -2.11. The first kappa shape index (κ1) is 8.49. The smallest absolute Gasteiger partial charge is 0.239 e. The molecule has 14 heavy (non-hydrogen) atoms. The van der Waals surface area contributed by atoms with Gasteiger partial charge < -0.3 is 10.5 Å². The van der Waals surface area contributed by atoms with Crippen molar-refractivity contribution in [1.82, 2.24) is 19.7 Å². The minimum atomic E-state index is 0.237. The summed E-state index contributed by atoms with van der Waals surface area (Å²) in [6.07, 6.45) is 3.16. The molecule has 0 aliphatic heterocycles. The normalized spacial score (nSPS) is 10.1. The van der Waals surface area contributed by atoms with Gasteiger partial charge in [-0.3, -0.25) is 0 Å². The van der Waals surface area contributed by atoms with Crippen molar-refractivity contribution < 1.29 is 4.74 Å². The van der Waals surface area contributed by atoms with Gasteiger partial charge in [-0.05, 0) is 6.07 Å². The Labute approximate surface area is 80.4 Å². The third-order valence-electron chi connectivity index (χ3n) is 1.70. The van der Waals surface area contributed by atoms with Crippen LogP contribution in [-0.4, -0.2) is 26.9 Å². The average molecular weight is 191 g/mol. The molecule has 0 bridgehead atoms. The van der Waals surface area contributed by atoms with Crippen LogP contribution >= 0.6 is 0 Å². The van der Waals surface area contributed by atoms with E-state index in [0.29, 0.717) is 5.88 Å². The summed E-state index contributed by atoms with van der Waals surface area (Å²) < 4.78 is 6.53. The lowest BCUT2D eigenvalue weighted by atomic mass is 10.4. The maximum atomic E-state index is 5.40. The third kappa shape index (κ3) is 1.49. The Kier molecular flexibility index (Phi) is 2.02. The zero-order valence-corrected chi connectivity index (χ0v) is 7.58. The fraction of sp³-hybridized carbons (Fsp3) is 0.125. The first-order chi connectivity index (χ1) is 6.79. The van der Waals surface area contributed by atoms with Gasteiger partial charge in [-0.25, -0.2) is 14.6 Å². The molecule has 72 valence electrons. The van der Waals surface area contributed by atoms with E-state index in [1.165, 1.54) is 6.33 Å². The molecular weight excluding hydrogens is 182 g/mol. The van der Waals surface area contributed by atoms with Crippen LogP contribution in [0.1, 0.15) is 0 Å². The molecule has 0 spiro atoms. The number of nitrogen functional groups attached to an aromatic ring is 1. The minimum Gasteiger partial charge on any atom is -0.481 e. The Bertz CT molecular complexity index is 439. The van der Waals surface area contributed by atoms with Gasteiger partial charge >= 0.3 is 0 Å². The van der Waals surface area contributed by atoms with Gasteiger partial charge in [0.05, 0.1) is 12.8 Å². The lowest BCUT2D eigenvalue weighted by molar-refractivity contribution is 0.397. The highest BCUT2D eigenvalue weighted by Gasteiger charge is 2.01. The molecule has 0 atom stereocenters. The van der Waals surface area contributed by atoms with Crippen molar-refractivity contribution in [3.05, 3.63) is 24.7 Å². The minimum absolute atomic E-state index is 0.237. The molecule has 0 aromatic carbocycles. The summed E-state index contributed by atoms with van der Waals surface area (Å²) in [5, 5.41) is 3.96. The topological polar surface area (TPSA) is 78.9 Å². The molecule has 2 aromatic rings. The number of ether oxygens (including phenoxy) is 1. The average Bonchev–Trinajstić information content (AvgIpc) is 2.65. The maximum Gasteiger partial charge on any atom is 0.239 e. The lowest BCUT2D eigenvalue weighted by Gasteiger charge is -2.01. The number of methoxy groups -OCH3 is 1. The number of hydrogen-bond donors (Lipinski definition) is 1. The molecule has 6 heteroatoms. The van der Waals surface area contributed by atoms with E-state index < -0.39 is 0 Å². The summed E-state index contributed by atoms with van der Waals surface area (Å²) in [5.41, 5.74) is 6.20. The molecule has 0 unspecified atom stereocenters. The summed E-state index contributed by atoms with van der Waals surface area (Å²) in [5.74, 6) is 0.761. The van der Waals surface area contributed by atoms with Crippen molar-refractivity contribution in [3.63, 3.8) is 0 Å². The molecule has 0 radical (unpaired) electrons. The first-order valence-electron chi connectivity index (χ1n) is 3.97. The van der Waals surface area contributed by atoms with Crippen molar-refractivity contribution in [2.75, 3.05) is 12.8 Å². The summed E-state index contributed by atoms with van der Waals surface area (Å²) in [4.78, 5) is 7.79. The van der Waals surface area contributed by atoms with Gasteiger partial charge in [0.15, 0.2) is 0 Å². The molecular formula is C8H9N5O. The molecule has 0 aliphatic rings. The molecule has 2 heterocycles. The van der Waals surface area contributed by atoms with E-state index >= 15 is 0 Å². The van der Waals surface area contributed by atoms with Crippen LogP contribution in [0.4, 0.5) is 5.95 Å². The molecule has 2 aromatic heterocycles. The standard InChI is InChI=1S/C8H9N5O/c1-14-7-4-6(2-3-10-7)13-5-11-8(9)12-13/h2-5H,1H3,(H2,9,12). The van der Waals surface area contributed by atoms with Gasteiger partial charge in [0.2, 0.25) is 11.8 Å². The van der Waals surface area contributed by atoms with Crippen LogP contribution in [0.15, 0.2) is 24.7 Å². The molecule has 0 fully saturated rings. The lowest BCUT2D eigenvalue weighted by Crippen LogP contribution is -1.97. The number of pyridine rings is 1. The van der Waals surface area contributed by atoms with Crippen molar-refractivity contribution in [2.45, 2.75) is 0 Å². The zero-order chi connectivity index (χ0) is 9.97. The van der Waals surface area contributed by atoms with Gasteiger partial charge in [0, 0.05) is 12.3 Å². The number of aromatic nitrogens is 4. The van der Waals surface area contributed by atoms with Crippen LogP contribution < -0.4 is 10.5 Å². The van der Waals surface area contributed by atoms with E-state index in [1.807, 2.05) is 0 Å². The second-order valence-electron chi connectivity index (χ2n) is 2.60. The van der Waals surface area contributed by atoms with Gasteiger partial charge in [-0.15, -0.1) is 5.10 Å². The maximum absolute atomic E-state index is 5.40. The Morgan fingerprint density at radius 3 is 2.93 bits per heavy atom. The van der Waals surface area contributed by atoms with Gasteiger partial charge in [-0.2, -0.15) is 0 Å². The number of nitrogens with zero attached hydrogens (tertiary/aromatic N) is 4. The Balaban J connectivity index is 2.41. The first-order valence-corrected chi connectivity index (χ1v) is 3.97. The van der Waals surface area contributed by atoms with Crippen LogP contribution in [0.25, 0.3) is 5.69 Å². The quantitative estimate of drug-likeness (QED) is 0.736. The van der Waals surface area contributed by atoms with Gasteiger partial charge in [0.1, 0.15) is 6.33 Å². The van der Waals surface area contributed by atoms with Gasteiger partial charge in [0.25, 0.3) is 0 Å². The monoisotopic (exact) mass is 191 g/mol. The zero-order valence-electron chi connectivity index (χ0n) is 7.58. The van der Waals surface area contributed by atoms with Gasteiger partial charge in [-0.1, -0.05) is 0 Å². The molecule has 0 saturated heterocycles. The molecule has 0 amide bonds. The van der Waals surface area contributed by atoms with Crippen LogP contribution in [0.5, 0.6) is 5.88 Å². The van der Waals surface area contributed by atoms with Crippen molar-refractivity contribution in [2.24, 2.45) is 0 Å². The van der Waals surface area contributed by atoms with Crippen LogP contribution in [0.2, 0.25) is 0 Å². The highest BCUT2D eigenvalue weighted by molar-refractivity contribution is 5.34. The summed E-state index contributed by atoms with van der Waals surface area (Å²) in [6.45, 7) is 0. The number of anilines is 1. The third-order valence-corrected chi connectivity index (χ3v) is 1.70. The number of hydrogen-bond acceptors (Lipinski definition) is 5. The summed E-state index contributed by atoms with van der Waals surface area (Å²) >= 11 is 0. The molecule has 0 saturated carbocycles. The predicted octanol–water partition coefficient (Wildman–Crippen LogP) is 0.253. The highest BCUT2D eigenvalue weighted by Crippen LogP contribution is 2.12. The fourth-order valence-electron chi connectivity index (χ4n) is 1.05. The fourth-order valence-corrected chi connectivity index (χ4v) is 1.05. The largest absolute Gasteiger partial charge is 0.481 e. The van der Waals surface area contributed by atoms with E-state index in [1.54, 1.807) is 30.1 Å². The predicted molar refractivity (Wildman–Crippen MR) is 50.1 cm³/mol. The molecule has 2 rings (SSSR count). The van der Waals surface area contributed by atoms with E-state index in [0.717, 1.165) is 5.69 Å². The molecule has 0 aliphatic carbocycles. The van der Waals surface area contributed by atoms with E-state index in [4.69, 9.17) is 10.5 Å². The van der Waals surface area contributed by atoms with E-state index in [2.05, 4.69) is 15.1 Å². The van der Waals surface area contributed by atoms with Crippen LogP contribution in [-0.2, 0) is 0 Å². The Morgan fingerprint density at radius 1 is 1.43 bits per heavy atom. The molecule has 2 N–H and O–H groups in total. The Morgan fingerprint density at radius 2 is 2.29 bits per heavy atom. The van der Waals surface area contributed by atoms with Crippen LogP contribution in [0, 0.1) is 0 Å². The number of rotatable bonds is 2. The number of nitrogens with two attached hydrogens (primary N) is 1. The van der Waals surface area contributed by atoms with Crippen molar-refractivity contribution >= 4 is 5.95 Å². The van der Waals surface area contributed by atoms with Crippen LogP contribution in [0.3, 0.4) is 0 Å².